The summed E-state index contributed by atoms with van der Waals surface area (Å²) in [5.41, 5.74) is 6.60. The van der Waals surface area contributed by atoms with E-state index in [4.69, 9.17) is 23.1 Å². The number of hydrogen-bond donors (Lipinski definition) is 2. The molecular formula is C12H15FN2OS. The number of aliphatic hydroxyl groups is 1. The van der Waals surface area contributed by atoms with Crippen LogP contribution in [0.15, 0.2) is 18.2 Å². The molecule has 0 aromatic heterocycles. The molecule has 2 rings (SSSR count). The zero-order valence-corrected chi connectivity index (χ0v) is 10.2. The fourth-order valence-corrected chi connectivity index (χ4v) is 2.42. The van der Waals surface area contributed by atoms with Crippen molar-refractivity contribution in [1.82, 2.24) is 0 Å². The van der Waals surface area contributed by atoms with Crippen molar-refractivity contribution in [2.75, 3.05) is 24.6 Å². The number of nitrogens with zero attached hydrogens (tertiary/aromatic N) is 1. The first-order valence-corrected chi connectivity index (χ1v) is 5.98. The Bertz CT molecular complexity index is 439. The molecule has 1 aliphatic rings. The molecule has 92 valence electrons. The van der Waals surface area contributed by atoms with E-state index in [9.17, 15) is 4.39 Å². The normalized spacial score (nSPS) is 19.6. The van der Waals surface area contributed by atoms with E-state index in [1.165, 1.54) is 6.07 Å². The molecule has 17 heavy (non-hydrogen) atoms. The van der Waals surface area contributed by atoms with Gasteiger partial charge < -0.3 is 15.7 Å². The Morgan fingerprint density at radius 1 is 1.59 bits per heavy atom. The van der Waals surface area contributed by atoms with Crippen molar-refractivity contribution in [2.24, 2.45) is 11.7 Å². The van der Waals surface area contributed by atoms with E-state index in [1.807, 2.05) is 11.0 Å². The lowest BCUT2D eigenvalue weighted by molar-refractivity contribution is 0.238. The monoisotopic (exact) mass is 254 g/mol. The minimum Gasteiger partial charge on any atom is -0.396 e. The highest BCUT2D eigenvalue weighted by molar-refractivity contribution is 7.80. The molecule has 1 saturated heterocycles. The average molecular weight is 254 g/mol. The highest BCUT2D eigenvalue weighted by atomic mass is 32.1. The van der Waals surface area contributed by atoms with E-state index in [2.05, 4.69) is 0 Å². The number of halogens is 1. The van der Waals surface area contributed by atoms with Crippen LogP contribution in [-0.4, -0.2) is 29.8 Å². The summed E-state index contributed by atoms with van der Waals surface area (Å²) in [6, 6.07) is 4.83. The third-order valence-corrected chi connectivity index (χ3v) is 3.33. The van der Waals surface area contributed by atoms with Crippen molar-refractivity contribution in [1.29, 1.82) is 0 Å². The second-order valence-electron chi connectivity index (χ2n) is 4.28. The van der Waals surface area contributed by atoms with Gasteiger partial charge in [-0.05, 0) is 18.6 Å². The number of nitrogens with two attached hydrogens (primary N) is 1. The maximum atomic E-state index is 13.7. The van der Waals surface area contributed by atoms with Gasteiger partial charge >= 0.3 is 0 Å². The van der Waals surface area contributed by atoms with E-state index in [1.54, 1.807) is 6.07 Å². The Morgan fingerprint density at radius 2 is 2.35 bits per heavy atom. The molecule has 1 fully saturated rings. The molecule has 0 saturated carbocycles. The van der Waals surface area contributed by atoms with E-state index in [-0.39, 0.29) is 23.3 Å². The van der Waals surface area contributed by atoms with Crippen LogP contribution in [-0.2, 0) is 0 Å². The van der Waals surface area contributed by atoms with Crippen LogP contribution in [0.3, 0.4) is 0 Å². The maximum Gasteiger partial charge on any atom is 0.135 e. The molecule has 1 unspecified atom stereocenters. The largest absolute Gasteiger partial charge is 0.396 e. The van der Waals surface area contributed by atoms with Crippen molar-refractivity contribution < 1.29 is 9.50 Å². The Morgan fingerprint density at radius 3 is 2.94 bits per heavy atom. The van der Waals surface area contributed by atoms with Crippen molar-refractivity contribution >= 4 is 22.9 Å². The topological polar surface area (TPSA) is 49.5 Å². The Balaban J connectivity index is 2.33. The lowest BCUT2D eigenvalue weighted by atomic mass is 10.1. The van der Waals surface area contributed by atoms with Gasteiger partial charge in [0, 0.05) is 31.3 Å². The van der Waals surface area contributed by atoms with Crippen molar-refractivity contribution in [3.8, 4) is 0 Å². The van der Waals surface area contributed by atoms with Gasteiger partial charge in [0.1, 0.15) is 10.8 Å². The van der Waals surface area contributed by atoms with Gasteiger partial charge in [-0.15, -0.1) is 0 Å². The lowest BCUT2D eigenvalue weighted by Gasteiger charge is -2.21. The SMILES string of the molecule is NC(=S)c1c(F)cccc1N1CCC(CO)C1. The fourth-order valence-electron chi connectivity index (χ4n) is 2.22. The molecule has 3 N–H and O–H groups in total. The summed E-state index contributed by atoms with van der Waals surface area (Å²) in [4.78, 5) is 2.10. The standard InChI is InChI=1S/C12H15FN2OS/c13-9-2-1-3-10(11(9)12(14)17)15-5-4-8(6-15)7-16/h1-3,8,16H,4-7H2,(H2,14,17). The van der Waals surface area contributed by atoms with Gasteiger partial charge in [-0.2, -0.15) is 0 Å². The van der Waals surface area contributed by atoms with Crippen LogP contribution in [0.25, 0.3) is 0 Å². The highest BCUT2D eigenvalue weighted by Crippen LogP contribution is 2.28. The minimum absolute atomic E-state index is 0.0746. The van der Waals surface area contributed by atoms with Crippen LogP contribution in [0.4, 0.5) is 10.1 Å². The first-order valence-electron chi connectivity index (χ1n) is 5.57. The van der Waals surface area contributed by atoms with Gasteiger partial charge in [0.2, 0.25) is 0 Å². The third kappa shape index (κ3) is 2.40. The van der Waals surface area contributed by atoms with Crippen LogP contribution in [0, 0.1) is 11.7 Å². The smallest absolute Gasteiger partial charge is 0.135 e. The van der Waals surface area contributed by atoms with Gasteiger partial charge in [0.25, 0.3) is 0 Å². The van der Waals surface area contributed by atoms with Crippen molar-refractivity contribution in [2.45, 2.75) is 6.42 Å². The van der Waals surface area contributed by atoms with E-state index >= 15 is 0 Å². The molecule has 1 heterocycles. The number of thiocarbonyl (C=S) groups is 1. The third-order valence-electron chi connectivity index (χ3n) is 3.12. The van der Waals surface area contributed by atoms with Crippen LogP contribution in [0.2, 0.25) is 0 Å². The van der Waals surface area contributed by atoms with E-state index < -0.39 is 0 Å². The molecule has 1 aromatic rings. The molecule has 0 aliphatic carbocycles. The molecule has 1 aliphatic heterocycles. The molecule has 0 radical (unpaired) electrons. The van der Waals surface area contributed by atoms with Crippen molar-refractivity contribution in [3.63, 3.8) is 0 Å². The summed E-state index contributed by atoms with van der Waals surface area (Å²) in [5.74, 6) is -0.139. The second kappa shape index (κ2) is 4.98. The number of rotatable bonds is 3. The summed E-state index contributed by atoms with van der Waals surface area (Å²) < 4.78 is 13.7. The first kappa shape index (κ1) is 12.3. The number of anilines is 1. The second-order valence-corrected chi connectivity index (χ2v) is 4.72. The van der Waals surface area contributed by atoms with Gasteiger partial charge in [0.15, 0.2) is 0 Å². The highest BCUT2D eigenvalue weighted by Gasteiger charge is 2.25. The van der Waals surface area contributed by atoms with Gasteiger partial charge in [-0.25, -0.2) is 4.39 Å². The molecule has 3 nitrogen and oxygen atoms in total. The summed E-state index contributed by atoms with van der Waals surface area (Å²) in [6.07, 6.45) is 0.907. The summed E-state index contributed by atoms with van der Waals surface area (Å²) in [7, 11) is 0. The summed E-state index contributed by atoms with van der Waals surface area (Å²) >= 11 is 4.89. The predicted octanol–water partition coefficient (Wildman–Crippen LogP) is 1.28. The molecular weight excluding hydrogens is 239 g/mol. The Kier molecular flexibility index (Phi) is 3.59. The average Bonchev–Trinajstić information content (AvgIpc) is 2.76. The molecule has 1 aromatic carbocycles. The number of aliphatic hydroxyl groups excluding tert-OH is 1. The Labute approximate surface area is 105 Å². The maximum absolute atomic E-state index is 13.7. The van der Waals surface area contributed by atoms with Crippen LogP contribution in [0.5, 0.6) is 0 Å². The fraction of sp³-hybridized carbons (Fsp3) is 0.417. The van der Waals surface area contributed by atoms with E-state index in [0.717, 1.165) is 25.2 Å². The quantitative estimate of drug-likeness (QED) is 0.798. The minimum atomic E-state index is -0.387. The Hall–Kier alpha value is -1.20. The van der Waals surface area contributed by atoms with Crippen LogP contribution < -0.4 is 10.6 Å². The number of benzene rings is 1. The van der Waals surface area contributed by atoms with Crippen LogP contribution in [0.1, 0.15) is 12.0 Å². The zero-order valence-electron chi connectivity index (χ0n) is 9.40. The number of hydrogen-bond acceptors (Lipinski definition) is 3. The molecule has 0 spiro atoms. The van der Waals surface area contributed by atoms with E-state index in [0.29, 0.717) is 5.56 Å². The first-order chi connectivity index (χ1) is 8.13. The summed E-state index contributed by atoms with van der Waals surface area (Å²) in [5, 5.41) is 9.11. The van der Waals surface area contributed by atoms with Gasteiger partial charge in [-0.1, -0.05) is 18.3 Å². The predicted molar refractivity (Wildman–Crippen MR) is 69.7 cm³/mol. The molecule has 0 bridgehead atoms. The zero-order chi connectivity index (χ0) is 12.4. The molecule has 5 heteroatoms. The van der Waals surface area contributed by atoms with Gasteiger partial charge in [-0.3, -0.25) is 0 Å². The molecule has 1 atom stereocenters. The van der Waals surface area contributed by atoms with Crippen molar-refractivity contribution in [3.05, 3.63) is 29.6 Å². The molecule has 0 amide bonds. The van der Waals surface area contributed by atoms with Gasteiger partial charge in [0.05, 0.1) is 5.56 Å². The van der Waals surface area contributed by atoms with Crippen LogP contribution >= 0.6 is 12.2 Å². The lowest BCUT2D eigenvalue weighted by Crippen LogP contribution is -2.25. The summed E-state index contributed by atoms with van der Waals surface area (Å²) in [6.45, 7) is 1.67.